The first-order valence-electron chi connectivity index (χ1n) is 19.0. The standard InChI is InChI=1S/C42H51N4O10/c1-7-53-39(49)33-35(41(51)55-9-3)45-27-15-11-13-25(21-27)29(19-17-23(5)43-33)31-37(47)32(38(31)48)30-20-18-24(6)44-34(40(50)54-8-2)36(42(52)56-10-4)46-28-16-12-14-26(30)22-28/h11-22,31-38,43-47H,7-10H2,1-6H3/q-1/b23-17+,24-18+,29-19+,30-20+. The van der Waals surface area contributed by atoms with Crippen molar-refractivity contribution in [2.45, 2.75) is 77.9 Å². The van der Waals surface area contributed by atoms with Gasteiger partial charge < -0.3 is 50.4 Å². The van der Waals surface area contributed by atoms with Crippen molar-refractivity contribution in [2.75, 3.05) is 37.1 Å². The highest BCUT2D eigenvalue weighted by atomic mass is 16.5. The number of hydrogen-bond donors (Lipinski definition) is 5. The predicted octanol–water partition coefficient (Wildman–Crippen LogP) is 3.05. The van der Waals surface area contributed by atoms with E-state index in [1.54, 1.807) is 102 Å². The molecule has 2 aromatic carbocycles. The Hall–Kier alpha value is -5.60. The van der Waals surface area contributed by atoms with Gasteiger partial charge in [-0.2, -0.15) is 0 Å². The molecule has 2 heterocycles. The van der Waals surface area contributed by atoms with Crippen molar-refractivity contribution in [3.8, 4) is 0 Å². The third kappa shape index (κ3) is 9.25. The second kappa shape index (κ2) is 18.8. The summed E-state index contributed by atoms with van der Waals surface area (Å²) in [4.78, 5) is 52.7. The van der Waals surface area contributed by atoms with Gasteiger partial charge in [-0.15, -0.1) is 6.10 Å². The molecule has 0 amide bonds. The lowest BCUT2D eigenvalue weighted by atomic mass is 9.60. The normalized spacial score (nSPS) is 29.7. The van der Waals surface area contributed by atoms with E-state index in [-0.39, 0.29) is 26.4 Å². The number of aliphatic hydroxyl groups is 1. The summed E-state index contributed by atoms with van der Waals surface area (Å²) in [7, 11) is 0. The SMILES string of the molecule is CCOC(=O)C1N/C(C)=C/C=C(/C2C([O-])C(/C3=C/C=C(\C)NC(C(=O)OCC)C(C(=O)OCC)Nc4cccc3c4)C2O)c2cccc(c2)NC1C(=O)OCC. The molecule has 2 aliphatic heterocycles. The van der Waals surface area contributed by atoms with Crippen molar-refractivity contribution < 1.29 is 48.3 Å². The Labute approximate surface area is 327 Å². The molecule has 0 aromatic heterocycles. The summed E-state index contributed by atoms with van der Waals surface area (Å²) in [5, 5.41) is 39.0. The van der Waals surface area contributed by atoms with Gasteiger partial charge in [-0.3, -0.25) is 0 Å². The summed E-state index contributed by atoms with van der Waals surface area (Å²) < 4.78 is 21.3. The Morgan fingerprint density at radius 3 is 1.23 bits per heavy atom. The van der Waals surface area contributed by atoms with Crippen LogP contribution in [0.2, 0.25) is 0 Å². The minimum absolute atomic E-state index is 0.101. The van der Waals surface area contributed by atoms with Gasteiger partial charge in [0.05, 0.1) is 32.5 Å². The molecule has 1 saturated carbocycles. The van der Waals surface area contributed by atoms with Crippen molar-refractivity contribution in [3.05, 3.63) is 95.4 Å². The first kappa shape index (κ1) is 41.6. The van der Waals surface area contributed by atoms with Crippen molar-refractivity contribution in [1.29, 1.82) is 0 Å². The topological polar surface area (TPSA) is 197 Å². The Bertz CT molecular complexity index is 1760. The van der Waals surface area contributed by atoms with E-state index < -0.39 is 72.1 Å². The molecule has 14 heteroatoms. The molecule has 0 saturated heterocycles. The second-order valence-corrected chi connectivity index (χ2v) is 13.6. The lowest BCUT2D eigenvalue weighted by Crippen LogP contribution is -2.62. The average molecular weight is 772 g/mol. The number of rotatable bonds is 10. The molecule has 14 nitrogen and oxygen atoms in total. The number of fused-ring (bicyclic) bond motifs is 4. The molecule has 1 aliphatic carbocycles. The van der Waals surface area contributed by atoms with Crippen molar-refractivity contribution in [2.24, 2.45) is 11.8 Å². The van der Waals surface area contributed by atoms with Crippen LogP contribution in [0.3, 0.4) is 0 Å². The van der Waals surface area contributed by atoms with E-state index in [1.165, 1.54) is 0 Å². The second-order valence-electron chi connectivity index (χ2n) is 13.6. The molecule has 2 aromatic rings. The van der Waals surface area contributed by atoms with Crippen molar-refractivity contribution in [3.63, 3.8) is 0 Å². The first-order valence-corrected chi connectivity index (χ1v) is 19.0. The summed E-state index contributed by atoms with van der Waals surface area (Å²) in [5.41, 5.74) is 4.39. The van der Waals surface area contributed by atoms with Crippen LogP contribution in [-0.4, -0.2) is 91.8 Å². The zero-order chi connectivity index (χ0) is 40.5. The number of allylic oxidation sites excluding steroid dienone is 6. The van der Waals surface area contributed by atoms with Gasteiger partial charge in [0.2, 0.25) is 0 Å². The van der Waals surface area contributed by atoms with Crippen molar-refractivity contribution >= 4 is 46.4 Å². The third-order valence-electron chi connectivity index (χ3n) is 9.82. The summed E-state index contributed by atoms with van der Waals surface area (Å²) in [6.45, 7) is 10.6. The molecule has 6 unspecified atom stereocenters. The van der Waals surface area contributed by atoms with Gasteiger partial charge in [0.1, 0.15) is 0 Å². The van der Waals surface area contributed by atoms with Crippen LogP contribution in [0.1, 0.15) is 52.7 Å². The number of aliphatic hydroxyl groups excluding tert-OH is 1. The number of anilines is 2. The molecule has 5 N–H and O–H groups in total. The maximum atomic E-state index is 14.5. The molecular weight excluding hydrogens is 720 g/mol. The van der Waals surface area contributed by atoms with E-state index >= 15 is 0 Å². The fourth-order valence-electron chi connectivity index (χ4n) is 7.21. The zero-order valence-corrected chi connectivity index (χ0v) is 32.5. The Morgan fingerprint density at radius 2 is 0.911 bits per heavy atom. The van der Waals surface area contributed by atoms with Gasteiger partial charge in [0, 0.05) is 22.8 Å². The van der Waals surface area contributed by atoms with Crippen LogP contribution in [0.15, 0.2) is 84.2 Å². The number of benzene rings is 2. The Kier molecular flexibility index (Phi) is 14.0. The molecule has 1 fully saturated rings. The van der Waals surface area contributed by atoms with Gasteiger partial charge >= 0.3 is 23.9 Å². The summed E-state index contributed by atoms with van der Waals surface area (Å²) in [6.07, 6.45) is 4.47. The molecule has 300 valence electrons. The van der Waals surface area contributed by atoms with Gasteiger partial charge in [-0.1, -0.05) is 36.4 Å². The fourth-order valence-corrected chi connectivity index (χ4v) is 7.21. The smallest absolute Gasteiger partial charge is 0.331 e. The molecule has 0 radical (unpaired) electrons. The number of esters is 4. The maximum absolute atomic E-state index is 14.5. The summed E-state index contributed by atoms with van der Waals surface area (Å²) in [6, 6.07) is 9.56. The number of ether oxygens (including phenoxy) is 4. The van der Waals surface area contributed by atoms with E-state index in [9.17, 15) is 29.4 Å². The maximum Gasteiger partial charge on any atom is 0.331 e. The van der Waals surface area contributed by atoms with Crippen LogP contribution in [0.4, 0.5) is 11.4 Å². The third-order valence-corrected chi connectivity index (χ3v) is 9.82. The van der Waals surface area contributed by atoms with E-state index in [1.807, 2.05) is 12.1 Å². The van der Waals surface area contributed by atoms with Crippen LogP contribution in [0.5, 0.6) is 0 Å². The highest BCUT2D eigenvalue weighted by Crippen LogP contribution is 2.48. The molecule has 56 heavy (non-hydrogen) atoms. The Morgan fingerprint density at radius 1 is 0.571 bits per heavy atom. The largest absolute Gasteiger partial charge is 0.851 e. The molecule has 3 aliphatic rings. The first-order chi connectivity index (χ1) is 26.9. The molecular formula is C42H51N4O10-. The molecule has 6 atom stereocenters. The Balaban J connectivity index is 1.53. The zero-order valence-electron chi connectivity index (χ0n) is 32.5. The highest BCUT2D eigenvalue weighted by Gasteiger charge is 2.47. The minimum Gasteiger partial charge on any atom is -0.851 e. The lowest BCUT2D eigenvalue weighted by molar-refractivity contribution is -0.470. The lowest BCUT2D eigenvalue weighted by Gasteiger charge is -2.56. The van der Waals surface area contributed by atoms with Crippen LogP contribution in [0, 0.1) is 11.8 Å². The summed E-state index contributed by atoms with van der Waals surface area (Å²) >= 11 is 0. The number of nitrogens with one attached hydrogen (secondary N) is 4. The molecule has 5 rings (SSSR count). The highest BCUT2D eigenvalue weighted by molar-refractivity contribution is 5.91. The van der Waals surface area contributed by atoms with Crippen LogP contribution >= 0.6 is 0 Å². The van der Waals surface area contributed by atoms with Crippen LogP contribution < -0.4 is 26.4 Å². The molecule has 4 bridgehead atoms. The van der Waals surface area contributed by atoms with Crippen LogP contribution in [0.25, 0.3) is 11.1 Å². The fraction of sp³-hybridized carbons (Fsp3) is 0.429. The summed E-state index contributed by atoms with van der Waals surface area (Å²) in [5.74, 6) is -4.31. The minimum atomic E-state index is -1.31. The van der Waals surface area contributed by atoms with Crippen LogP contribution in [-0.2, 0) is 38.1 Å². The van der Waals surface area contributed by atoms with Gasteiger partial charge in [0.25, 0.3) is 0 Å². The predicted molar refractivity (Wildman–Crippen MR) is 208 cm³/mol. The average Bonchev–Trinajstić information content (AvgIpc) is 3.20. The van der Waals surface area contributed by atoms with E-state index in [0.717, 1.165) is 0 Å². The van der Waals surface area contributed by atoms with Gasteiger partial charge in [-0.05, 0) is 112 Å². The van der Waals surface area contributed by atoms with E-state index in [0.29, 0.717) is 45.0 Å². The quantitative estimate of drug-likeness (QED) is 0.175. The molecule has 0 spiro atoms. The van der Waals surface area contributed by atoms with Crippen molar-refractivity contribution in [1.82, 2.24) is 10.6 Å². The van der Waals surface area contributed by atoms with E-state index in [2.05, 4.69) is 21.3 Å². The number of carbonyl (C=O) groups is 4. The van der Waals surface area contributed by atoms with Gasteiger partial charge in [0.15, 0.2) is 24.2 Å². The van der Waals surface area contributed by atoms with E-state index in [4.69, 9.17) is 18.9 Å². The van der Waals surface area contributed by atoms with Gasteiger partial charge in [-0.25, -0.2) is 19.2 Å². The monoisotopic (exact) mass is 771 g/mol. The number of carbonyl (C=O) groups excluding carboxylic acids is 4. The number of hydrogen-bond acceptors (Lipinski definition) is 14.